The van der Waals surface area contributed by atoms with Crippen LogP contribution in [0.15, 0.2) is 18.2 Å². The normalized spacial score (nSPS) is 10.2. The average molecular weight is 251 g/mol. The molecule has 0 bridgehead atoms. The van der Waals surface area contributed by atoms with Crippen molar-refractivity contribution < 1.29 is 9.90 Å². The number of rotatable bonds is 6. The quantitative estimate of drug-likeness (QED) is 0.655. The summed E-state index contributed by atoms with van der Waals surface area (Å²) in [5, 5.41) is 11.6. The number of amides is 1. The molecule has 100 valence electrons. The van der Waals surface area contributed by atoms with Crippen LogP contribution in [0.2, 0.25) is 0 Å². The van der Waals surface area contributed by atoms with Crippen LogP contribution in [0, 0.1) is 0 Å². The van der Waals surface area contributed by atoms with Gasteiger partial charge in [-0.25, -0.2) is 0 Å². The van der Waals surface area contributed by atoms with Crippen LogP contribution >= 0.6 is 0 Å². The van der Waals surface area contributed by atoms with Gasteiger partial charge in [0.1, 0.15) is 0 Å². The van der Waals surface area contributed by atoms with Gasteiger partial charge in [0, 0.05) is 25.7 Å². The van der Waals surface area contributed by atoms with Gasteiger partial charge in [0.2, 0.25) is 0 Å². The number of nitrogens with one attached hydrogen (secondary N) is 1. The van der Waals surface area contributed by atoms with E-state index in [-0.39, 0.29) is 12.5 Å². The molecule has 0 atom stereocenters. The van der Waals surface area contributed by atoms with E-state index in [1.54, 1.807) is 19.2 Å². The third-order valence-electron chi connectivity index (χ3n) is 2.72. The monoisotopic (exact) mass is 251 g/mol. The molecule has 4 N–H and O–H groups in total. The lowest BCUT2D eigenvalue weighted by atomic mass is 10.1. The molecule has 0 radical (unpaired) electrons. The minimum Gasteiger partial charge on any atom is -0.397 e. The molecule has 0 aliphatic carbocycles. The van der Waals surface area contributed by atoms with Crippen LogP contribution in [0.25, 0.3) is 0 Å². The van der Waals surface area contributed by atoms with E-state index < -0.39 is 0 Å². The fraction of sp³-hybridized carbons (Fsp3) is 0.462. The molecule has 0 saturated carbocycles. The summed E-state index contributed by atoms with van der Waals surface area (Å²) in [5.41, 5.74) is 7.93. The van der Waals surface area contributed by atoms with Gasteiger partial charge in [-0.15, -0.1) is 0 Å². The zero-order valence-corrected chi connectivity index (χ0v) is 10.9. The fourth-order valence-corrected chi connectivity index (χ4v) is 1.87. The molecule has 1 aromatic carbocycles. The molecule has 0 fully saturated rings. The summed E-state index contributed by atoms with van der Waals surface area (Å²) in [4.78, 5) is 13.5. The number of nitrogens with two attached hydrogens (primary N) is 1. The molecule has 1 rings (SSSR count). The number of aliphatic hydroxyl groups is 1. The molecule has 18 heavy (non-hydrogen) atoms. The highest BCUT2D eigenvalue weighted by atomic mass is 16.3. The number of carbonyl (C=O) groups is 1. The second-order valence-corrected chi connectivity index (χ2v) is 4.06. The van der Waals surface area contributed by atoms with Crippen molar-refractivity contribution >= 4 is 17.3 Å². The van der Waals surface area contributed by atoms with Gasteiger partial charge in [0.15, 0.2) is 0 Å². The van der Waals surface area contributed by atoms with E-state index in [9.17, 15) is 4.79 Å². The molecular formula is C13H21N3O2. The van der Waals surface area contributed by atoms with Gasteiger partial charge in [0.25, 0.3) is 5.91 Å². The largest absolute Gasteiger partial charge is 0.397 e. The van der Waals surface area contributed by atoms with E-state index in [1.165, 1.54) is 0 Å². The van der Waals surface area contributed by atoms with Gasteiger partial charge < -0.3 is 21.1 Å². The van der Waals surface area contributed by atoms with Gasteiger partial charge in [-0.2, -0.15) is 0 Å². The maximum absolute atomic E-state index is 11.5. The van der Waals surface area contributed by atoms with Crippen molar-refractivity contribution in [2.24, 2.45) is 0 Å². The molecule has 0 saturated heterocycles. The van der Waals surface area contributed by atoms with Gasteiger partial charge in [0.05, 0.1) is 18.0 Å². The number of hydrogen-bond donors (Lipinski definition) is 3. The third-order valence-corrected chi connectivity index (χ3v) is 2.72. The van der Waals surface area contributed by atoms with Crippen LogP contribution in [-0.4, -0.2) is 37.8 Å². The van der Waals surface area contributed by atoms with Crippen LogP contribution < -0.4 is 16.0 Å². The maximum Gasteiger partial charge on any atom is 0.251 e. The number of anilines is 2. The van der Waals surface area contributed by atoms with E-state index in [2.05, 4.69) is 12.2 Å². The number of carbonyl (C=O) groups excluding carboxylic acids is 1. The van der Waals surface area contributed by atoms with Crippen molar-refractivity contribution in [3.8, 4) is 0 Å². The summed E-state index contributed by atoms with van der Waals surface area (Å²) in [7, 11) is 1.58. The molecule has 5 nitrogen and oxygen atoms in total. The van der Waals surface area contributed by atoms with Crippen LogP contribution in [0.3, 0.4) is 0 Å². The molecule has 0 aliphatic heterocycles. The first kappa shape index (κ1) is 14.3. The van der Waals surface area contributed by atoms with Crippen molar-refractivity contribution in [1.29, 1.82) is 0 Å². The number of nitrogen functional groups attached to an aromatic ring is 1. The van der Waals surface area contributed by atoms with Crippen molar-refractivity contribution in [3.63, 3.8) is 0 Å². The Labute approximate surface area is 108 Å². The summed E-state index contributed by atoms with van der Waals surface area (Å²) < 4.78 is 0. The second kappa shape index (κ2) is 6.86. The SMILES string of the molecule is CCCN(CCO)c1ccc(C(=O)NC)cc1N. The van der Waals surface area contributed by atoms with Crippen molar-refractivity contribution in [2.75, 3.05) is 37.4 Å². The first-order chi connectivity index (χ1) is 8.63. The molecule has 0 spiro atoms. The zero-order valence-electron chi connectivity index (χ0n) is 10.9. The minimum atomic E-state index is -0.155. The van der Waals surface area contributed by atoms with Crippen LogP contribution in [0.4, 0.5) is 11.4 Å². The lowest BCUT2D eigenvalue weighted by molar-refractivity contribution is 0.0963. The zero-order chi connectivity index (χ0) is 13.5. The maximum atomic E-state index is 11.5. The topological polar surface area (TPSA) is 78.6 Å². The predicted molar refractivity (Wildman–Crippen MR) is 73.8 cm³/mol. The molecule has 0 aromatic heterocycles. The Kier molecular flexibility index (Phi) is 5.45. The molecule has 0 heterocycles. The minimum absolute atomic E-state index is 0.0800. The number of hydrogen-bond acceptors (Lipinski definition) is 4. The van der Waals surface area contributed by atoms with Gasteiger partial charge in [-0.1, -0.05) is 6.92 Å². The lowest BCUT2D eigenvalue weighted by Gasteiger charge is -2.25. The number of benzene rings is 1. The Hall–Kier alpha value is -1.75. The highest BCUT2D eigenvalue weighted by molar-refractivity contribution is 5.96. The molecule has 1 amide bonds. The standard InChI is InChI=1S/C13H21N3O2/c1-3-6-16(7-8-17)12-5-4-10(9-11(12)14)13(18)15-2/h4-5,9,17H,3,6-8,14H2,1-2H3,(H,15,18). The Balaban J connectivity index is 2.98. The molecule has 0 aliphatic rings. The van der Waals surface area contributed by atoms with E-state index >= 15 is 0 Å². The first-order valence-electron chi connectivity index (χ1n) is 6.11. The third kappa shape index (κ3) is 3.37. The van der Waals surface area contributed by atoms with Crippen LogP contribution in [0.1, 0.15) is 23.7 Å². The van der Waals surface area contributed by atoms with E-state index in [0.717, 1.165) is 18.7 Å². The number of aliphatic hydroxyl groups excluding tert-OH is 1. The Morgan fingerprint density at radius 2 is 2.17 bits per heavy atom. The molecule has 5 heteroatoms. The van der Waals surface area contributed by atoms with Crippen LogP contribution in [0.5, 0.6) is 0 Å². The average Bonchev–Trinajstić information content (AvgIpc) is 2.37. The van der Waals surface area contributed by atoms with Crippen molar-refractivity contribution in [3.05, 3.63) is 23.8 Å². The Morgan fingerprint density at radius 1 is 1.44 bits per heavy atom. The van der Waals surface area contributed by atoms with E-state index in [4.69, 9.17) is 10.8 Å². The lowest BCUT2D eigenvalue weighted by Crippen LogP contribution is -2.28. The van der Waals surface area contributed by atoms with Gasteiger partial charge in [-0.05, 0) is 24.6 Å². The summed E-state index contributed by atoms with van der Waals surface area (Å²) in [6, 6.07) is 5.23. The highest BCUT2D eigenvalue weighted by Crippen LogP contribution is 2.24. The van der Waals surface area contributed by atoms with E-state index in [1.807, 2.05) is 11.0 Å². The molecule has 0 unspecified atom stereocenters. The predicted octanol–water partition coefficient (Wildman–Crippen LogP) is 0.837. The summed E-state index contributed by atoms with van der Waals surface area (Å²) in [5.74, 6) is -0.155. The van der Waals surface area contributed by atoms with Gasteiger partial charge >= 0.3 is 0 Å². The van der Waals surface area contributed by atoms with Gasteiger partial charge in [-0.3, -0.25) is 4.79 Å². The highest BCUT2D eigenvalue weighted by Gasteiger charge is 2.11. The van der Waals surface area contributed by atoms with Crippen molar-refractivity contribution in [1.82, 2.24) is 5.32 Å². The fourth-order valence-electron chi connectivity index (χ4n) is 1.87. The van der Waals surface area contributed by atoms with Crippen molar-refractivity contribution in [2.45, 2.75) is 13.3 Å². The first-order valence-corrected chi connectivity index (χ1v) is 6.11. The summed E-state index contributed by atoms with van der Waals surface area (Å²) in [6.07, 6.45) is 0.969. The summed E-state index contributed by atoms with van der Waals surface area (Å²) >= 11 is 0. The number of nitrogens with zero attached hydrogens (tertiary/aromatic N) is 1. The molecule has 1 aromatic rings. The smallest absolute Gasteiger partial charge is 0.251 e. The Morgan fingerprint density at radius 3 is 2.67 bits per heavy atom. The molecular weight excluding hydrogens is 230 g/mol. The summed E-state index contributed by atoms with van der Waals surface area (Å²) in [6.45, 7) is 3.51. The second-order valence-electron chi connectivity index (χ2n) is 4.06. The van der Waals surface area contributed by atoms with E-state index in [0.29, 0.717) is 17.8 Å². The van der Waals surface area contributed by atoms with Crippen LogP contribution in [-0.2, 0) is 0 Å². The Bertz CT molecular complexity index is 401.